The molecule has 1 rings (SSSR count). The maximum atomic E-state index is 5.59. The summed E-state index contributed by atoms with van der Waals surface area (Å²) < 4.78 is 5.09. The van der Waals surface area contributed by atoms with E-state index in [-0.39, 0.29) is 6.04 Å². The second-order valence-electron chi connectivity index (χ2n) is 5.11. The zero-order valence-corrected chi connectivity index (χ0v) is 12.0. The molecule has 0 aromatic carbocycles. The summed E-state index contributed by atoms with van der Waals surface area (Å²) in [5, 5.41) is 0. The Hall–Kier alpha value is -0.850. The van der Waals surface area contributed by atoms with E-state index in [1.165, 1.54) is 12.8 Å². The standard InChI is InChI=1S/C12H27N5O/c1-10(9-18-4)14-12(15-13)17-7-5-6-11(8-17)16(2)3/h10-11H,5-9,13H2,1-4H3,(H,14,15). The van der Waals surface area contributed by atoms with Crippen molar-refractivity contribution < 1.29 is 4.74 Å². The van der Waals surface area contributed by atoms with Gasteiger partial charge in [-0.05, 0) is 33.9 Å². The Morgan fingerprint density at radius 3 is 2.89 bits per heavy atom. The van der Waals surface area contributed by atoms with Crippen LogP contribution in [0.15, 0.2) is 4.99 Å². The Labute approximate surface area is 110 Å². The number of methoxy groups -OCH3 is 1. The van der Waals surface area contributed by atoms with Crippen molar-refractivity contribution in [1.82, 2.24) is 15.2 Å². The van der Waals surface area contributed by atoms with Gasteiger partial charge in [0.25, 0.3) is 0 Å². The topological polar surface area (TPSA) is 66.1 Å². The zero-order chi connectivity index (χ0) is 13.5. The molecule has 1 saturated heterocycles. The minimum Gasteiger partial charge on any atom is -0.382 e. The molecule has 106 valence electrons. The van der Waals surface area contributed by atoms with Crippen LogP contribution in [0.1, 0.15) is 19.8 Å². The number of hydrogen-bond donors (Lipinski definition) is 2. The van der Waals surface area contributed by atoms with Crippen LogP contribution in [0.4, 0.5) is 0 Å². The summed E-state index contributed by atoms with van der Waals surface area (Å²) >= 11 is 0. The molecular formula is C12H27N5O. The third-order valence-corrected chi connectivity index (χ3v) is 3.31. The average molecular weight is 257 g/mol. The lowest BCUT2D eigenvalue weighted by molar-refractivity contribution is 0.175. The van der Waals surface area contributed by atoms with Crippen LogP contribution in [0.5, 0.6) is 0 Å². The smallest absolute Gasteiger partial charge is 0.208 e. The second-order valence-corrected chi connectivity index (χ2v) is 5.11. The van der Waals surface area contributed by atoms with Gasteiger partial charge in [-0.15, -0.1) is 0 Å². The van der Waals surface area contributed by atoms with Crippen LogP contribution in [0.25, 0.3) is 0 Å². The largest absolute Gasteiger partial charge is 0.382 e. The number of likely N-dealkylation sites (tertiary alicyclic amines) is 1. The fourth-order valence-corrected chi connectivity index (χ4v) is 2.27. The van der Waals surface area contributed by atoms with Gasteiger partial charge in [0.1, 0.15) is 0 Å². The summed E-state index contributed by atoms with van der Waals surface area (Å²) in [5.41, 5.74) is 2.72. The molecule has 0 bridgehead atoms. The number of nitrogens with zero attached hydrogens (tertiary/aromatic N) is 3. The van der Waals surface area contributed by atoms with Gasteiger partial charge in [-0.2, -0.15) is 0 Å². The molecule has 0 aromatic rings. The lowest BCUT2D eigenvalue weighted by Crippen LogP contribution is -2.53. The van der Waals surface area contributed by atoms with Crippen molar-refractivity contribution in [3.8, 4) is 0 Å². The van der Waals surface area contributed by atoms with E-state index in [2.05, 4.69) is 34.3 Å². The normalized spacial score (nSPS) is 23.3. The summed E-state index contributed by atoms with van der Waals surface area (Å²) in [6.45, 7) is 4.60. The zero-order valence-electron chi connectivity index (χ0n) is 12.0. The number of hydrazine groups is 1. The van der Waals surface area contributed by atoms with Crippen molar-refractivity contribution in [1.29, 1.82) is 0 Å². The van der Waals surface area contributed by atoms with E-state index in [0.29, 0.717) is 12.6 Å². The number of hydrogen-bond acceptors (Lipinski definition) is 4. The van der Waals surface area contributed by atoms with Gasteiger partial charge in [-0.1, -0.05) is 0 Å². The van der Waals surface area contributed by atoms with Crippen LogP contribution in [0.3, 0.4) is 0 Å². The highest BCUT2D eigenvalue weighted by Gasteiger charge is 2.23. The van der Waals surface area contributed by atoms with Crippen LogP contribution in [0.2, 0.25) is 0 Å². The molecule has 6 nitrogen and oxygen atoms in total. The van der Waals surface area contributed by atoms with Crippen molar-refractivity contribution >= 4 is 5.96 Å². The van der Waals surface area contributed by atoms with Crippen LogP contribution in [-0.4, -0.2) is 68.7 Å². The molecule has 0 spiro atoms. The van der Waals surface area contributed by atoms with Crippen LogP contribution < -0.4 is 11.3 Å². The molecule has 0 saturated carbocycles. The Balaban J connectivity index is 2.63. The molecule has 18 heavy (non-hydrogen) atoms. The number of nitrogens with two attached hydrogens (primary N) is 1. The van der Waals surface area contributed by atoms with E-state index in [1.807, 2.05) is 6.92 Å². The first-order valence-corrected chi connectivity index (χ1v) is 6.53. The van der Waals surface area contributed by atoms with Gasteiger partial charge in [0.05, 0.1) is 12.6 Å². The van der Waals surface area contributed by atoms with Crippen LogP contribution in [-0.2, 0) is 4.74 Å². The summed E-state index contributed by atoms with van der Waals surface area (Å²) in [4.78, 5) is 9.05. The molecule has 1 fully saturated rings. The van der Waals surface area contributed by atoms with Crippen molar-refractivity contribution in [2.24, 2.45) is 10.8 Å². The first-order valence-electron chi connectivity index (χ1n) is 6.53. The van der Waals surface area contributed by atoms with E-state index in [1.54, 1.807) is 7.11 Å². The Kier molecular flexibility index (Phi) is 6.38. The molecular weight excluding hydrogens is 230 g/mol. The lowest BCUT2D eigenvalue weighted by Gasteiger charge is -2.37. The molecule has 1 heterocycles. The first kappa shape index (κ1) is 15.2. The maximum absolute atomic E-state index is 5.59. The summed E-state index contributed by atoms with van der Waals surface area (Å²) in [6.07, 6.45) is 2.40. The third kappa shape index (κ3) is 4.44. The van der Waals surface area contributed by atoms with E-state index in [9.17, 15) is 0 Å². The average Bonchev–Trinajstić information content (AvgIpc) is 2.36. The van der Waals surface area contributed by atoms with Gasteiger partial charge >= 0.3 is 0 Å². The molecule has 1 aliphatic rings. The van der Waals surface area contributed by atoms with Crippen LogP contribution >= 0.6 is 0 Å². The quantitative estimate of drug-likeness (QED) is 0.318. The number of nitrogens with one attached hydrogen (secondary N) is 1. The molecule has 0 aliphatic carbocycles. The van der Waals surface area contributed by atoms with E-state index < -0.39 is 0 Å². The molecule has 0 aromatic heterocycles. The van der Waals surface area contributed by atoms with Gasteiger partial charge in [0.2, 0.25) is 5.96 Å². The number of ether oxygens (including phenoxy) is 1. The minimum absolute atomic E-state index is 0.112. The number of aliphatic imine (C=N–C) groups is 1. The van der Waals surface area contributed by atoms with Gasteiger partial charge in [-0.25, -0.2) is 10.8 Å². The van der Waals surface area contributed by atoms with Crippen LogP contribution in [0, 0.1) is 0 Å². The van der Waals surface area contributed by atoms with Gasteiger partial charge in [0, 0.05) is 26.2 Å². The molecule has 2 unspecified atom stereocenters. The maximum Gasteiger partial charge on any atom is 0.208 e. The monoisotopic (exact) mass is 257 g/mol. The SMILES string of the molecule is COCC(C)N=C(NN)N1CCCC(N(C)C)C1. The highest BCUT2D eigenvalue weighted by Crippen LogP contribution is 2.13. The van der Waals surface area contributed by atoms with Crippen molar-refractivity contribution in [3.63, 3.8) is 0 Å². The number of guanidine groups is 1. The van der Waals surface area contributed by atoms with Gasteiger partial charge in [0.15, 0.2) is 0 Å². The minimum atomic E-state index is 0.112. The van der Waals surface area contributed by atoms with E-state index >= 15 is 0 Å². The first-order chi connectivity index (χ1) is 8.58. The molecule has 0 amide bonds. The summed E-state index contributed by atoms with van der Waals surface area (Å²) in [5.74, 6) is 6.36. The molecule has 3 N–H and O–H groups in total. The lowest BCUT2D eigenvalue weighted by atomic mass is 10.1. The summed E-state index contributed by atoms with van der Waals surface area (Å²) in [7, 11) is 5.92. The third-order valence-electron chi connectivity index (χ3n) is 3.31. The Bertz CT molecular complexity index is 269. The summed E-state index contributed by atoms with van der Waals surface area (Å²) in [6, 6.07) is 0.677. The van der Waals surface area contributed by atoms with Crippen molar-refractivity contribution in [2.45, 2.75) is 31.8 Å². The predicted molar refractivity (Wildman–Crippen MR) is 74.4 cm³/mol. The van der Waals surface area contributed by atoms with E-state index in [4.69, 9.17) is 10.6 Å². The Morgan fingerprint density at radius 1 is 1.61 bits per heavy atom. The van der Waals surface area contributed by atoms with E-state index in [0.717, 1.165) is 19.0 Å². The van der Waals surface area contributed by atoms with Gasteiger partial charge in [-0.3, -0.25) is 5.43 Å². The Morgan fingerprint density at radius 2 is 2.33 bits per heavy atom. The fraction of sp³-hybridized carbons (Fsp3) is 0.917. The van der Waals surface area contributed by atoms with Gasteiger partial charge < -0.3 is 14.5 Å². The van der Waals surface area contributed by atoms with Crippen molar-refractivity contribution in [3.05, 3.63) is 0 Å². The molecule has 2 atom stereocenters. The molecule has 6 heteroatoms. The predicted octanol–water partition coefficient (Wildman–Crippen LogP) is -0.133. The number of likely N-dealkylation sites (N-methyl/N-ethyl adjacent to an activating group) is 1. The highest BCUT2D eigenvalue weighted by atomic mass is 16.5. The molecule has 0 radical (unpaired) electrons. The van der Waals surface area contributed by atoms with Crippen molar-refractivity contribution in [2.75, 3.05) is 40.9 Å². The number of rotatable bonds is 4. The fourth-order valence-electron chi connectivity index (χ4n) is 2.27. The second kappa shape index (κ2) is 7.56. The molecule has 1 aliphatic heterocycles. The number of piperidine rings is 1. The highest BCUT2D eigenvalue weighted by molar-refractivity contribution is 5.79.